The van der Waals surface area contributed by atoms with Crippen LogP contribution in [0.15, 0.2) is 107 Å². The maximum absolute atomic E-state index is 6.34. The molecular formula is C33H27ClN6O2. The van der Waals surface area contributed by atoms with E-state index in [-0.39, 0.29) is 6.04 Å². The van der Waals surface area contributed by atoms with Crippen LogP contribution in [0.3, 0.4) is 0 Å². The number of aromatic nitrogens is 2. The van der Waals surface area contributed by atoms with Gasteiger partial charge in [0.25, 0.3) is 0 Å². The quantitative estimate of drug-likeness (QED) is 0.233. The summed E-state index contributed by atoms with van der Waals surface area (Å²) in [5, 5.41) is 9.18. The van der Waals surface area contributed by atoms with Crippen molar-refractivity contribution in [1.29, 1.82) is 0 Å². The van der Waals surface area contributed by atoms with Crippen LogP contribution in [0.25, 0.3) is 5.69 Å². The smallest absolute Gasteiger partial charge is 0.179 e. The van der Waals surface area contributed by atoms with Crippen LogP contribution in [-0.4, -0.2) is 35.7 Å². The van der Waals surface area contributed by atoms with Crippen LogP contribution < -0.4 is 19.7 Å². The molecule has 0 aliphatic carbocycles. The molecule has 1 aromatic heterocycles. The van der Waals surface area contributed by atoms with Crippen molar-refractivity contribution in [2.24, 2.45) is 9.98 Å². The second-order valence-electron chi connectivity index (χ2n) is 9.97. The van der Waals surface area contributed by atoms with Crippen LogP contribution in [0.2, 0.25) is 5.02 Å². The van der Waals surface area contributed by atoms with Gasteiger partial charge < -0.3 is 19.7 Å². The summed E-state index contributed by atoms with van der Waals surface area (Å²) in [4.78, 5) is 12.6. The number of para-hydroxylation sites is 3. The van der Waals surface area contributed by atoms with Crippen molar-refractivity contribution in [2.75, 3.05) is 24.4 Å². The molecule has 1 N–H and O–H groups in total. The van der Waals surface area contributed by atoms with Gasteiger partial charge in [-0.05, 0) is 61.0 Å². The van der Waals surface area contributed by atoms with Gasteiger partial charge in [-0.2, -0.15) is 5.10 Å². The topological polar surface area (TPSA) is 76.3 Å². The minimum atomic E-state index is -0.242. The van der Waals surface area contributed by atoms with E-state index in [1.54, 1.807) is 14.2 Å². The highest BCUT2D eigenvalue weighted by molar-refractivity contribution is 6.51. The van der Waals surface area contributed by atoms with Gasteiger partial charge in [-0.1, -0.05) is 54.1 Å². The minimum Gasteiger partial charge on any atom is -0.497 e. The number of hydrogen-bond donors (Lipinski definition) is 1. The first-order valence-corrected chi connectivity index (χ1v) is 13.9. The number of nitrogens with zero attached hydrogens (tertiary/aromatic N) is 5. The van der Waals surface area contributed by atoms with Crippen molar-refractivity contribution in [3.8, 4) is 17.2 Å². The number of halogens is 1. The largest absolute Gasteiger partial charge is 0.497 e. The highest BCUT2D eigenvalue weighted by atomic mass is 35.5. The number of ether oxygens (including phenoxy) is 2. The Morgan fingerprint density at radius 2 is 1.60 bits per heavy atom. The lowest BCUT2D eigenvalue weighted by atomic mass is 9.93. The molecule has 0 radical (unpaired) electrons. The SMILES string of the molecule is COc1ccc(NC2=Nc3ccccc3N3C2=Nc2c(c(C)nn2-c2ccccc2)[C@H]3c2ccc(Cl)cc2)c(OC)c1. The Kier molecular flexibility index (Phi) is 6.40. The maximum Gasteiger partial charge on any atom is 0.179 e. The van der Waals surface area contributed by atoms with Gasteiger partial charge in [0.15, 0.2) is 17.5 Å². The summed E-state index contributed by atoms with van der Waals surface area (Å²) in [6, 6.07) is 31.5. The van der Waals surface area contributed by atoms with Crippen molar-refractivity contribution in [3.05, 3.63) is 119 Å². The molecule has 0 saturated carbocycles. The fourth-order valence-corrected chi connectivity index (χ4v) is 5.66. The number of amidine groups is 2. The summed E-state index contributed by atoms with van der Waals surface area (Å²) < 4.78 is 13.0. The zero-order valence-electron chi connectivity index (χ0n) is 23.2. The molecule has 208 valence electrons. The number of aryl methyl sites for hydroxylation is 1. The molecule has 0 fully saturated rings. The Balaban J connectivity index is 1.48. The van der Waals surface area contributed by atoms with Gasteiger partial charge in [0.05, 0.1) is 48.7 Å². The average Bonchev–Trinajstić information content (AvgIpc) is 3.37. The highest BCUT2D eigenvalue weighted by Gasteiger charge is 2.41. The first-order chi connectivity index (χ1) is 20.6. The number of aliphatic imine (C=N–C) groups is 2. The third-order valence-electron chi connectivity index (χ3n) is 7.49. The Hall–Kier alpha value is -5.08. The van der Waals surface area contributed by atoms with E-state index >= 15 is 0 Å². The zero-order chi connectivity index (χ0) is 28.8. The number of fused-ring (bicyclic) bond motifs is 4. The molecule has 2 aliphatic heterocycles. The molecule has 3 heterocycles. The Morgan fingerprint density at radius 3 is 2.36 bits per heavy atom. The third-order valence-corrected chi connectivity index (χ3v) is 7.74. The molecule has 0 saturated heterocycles. The van der Waals surface area contributed by atoms with Crippen LogP contribution in [-0.2, 0) is 0 Å². The Morgan fingerprint density at radius 1 is 0.833 bits per heavy atom. The number of nitrogens with one attached hydrogen (secondary N) is 1. The standard InChI is InChI=1S/C33H27ClN6O2/c1-20-29-30(21-13-15-22(34)16-14-21)39-27-12-8-7-11-25(27)35-31(36-26-18-17-24(41-2)19-28(26)42-3)33(39)37-32(29)40(38-20)23-9-5-4-6-10-23/h4-19,30H,1-3H3,(H,35,36)/t30-/m1/s1. The van der Waals surface area contributed by atoms with E-state index < -0.39 is 0 Å². The van der Waals surface area contributed by atoms with Crippen molar-refractivity contribution in [2.45, 2.75) is 13.0 Å². The molecule has 0 amide bonds. The van der Waals surface area contributed by atoms with Gasteiger partial charge in [-0.15, -0.1) is 0 Å². The molecule has 7 rings (SSSR count). The van der Waals surface area contributed by atoms with Gasteiger partial charge in [0.1, 0.15) is 11.5 Å². The first kappa shape index (κ1) is 25.9. The Labute approximate surface area is 248 Å². The van der Waals surface area contributed by atoms with Crippen LogP contribution >= 0.6 is 11.6 Å². The number of anilines is 2. The number of hydrogen-bond acceptors (Lipinski definition) is 7. The molecule has 0 bridgehead atoms. The summed E-state index contributed by atoms with van der Waals surface area (Å²) in [5.74, 6) is 3.32. The van der Waals surface area contributed by atoms with E-state index in [4.69, 9.17) is 36.2 Å². The fourth-order valence-electron chi connectivity index (χ4n) is 5.54. The van der Waals surface area contributed by atoms with Gasteiger partial charge in [0.2, 0.25) is 0 Å². The van der Waals surface area contributed by atoms with E-state index in [1.165, 1.54) is 0 Å². The second kappa shape index (κ2) is 10.4. The lowest BCUT2D eigenvalue weighted by Gasteiger charge is -2.40. The molecule has 1 atom stereocenters. The molecule has 5 aromatic rings. The van der Waals surface area contributed by atoms with Crippen LogP contribution in [0.4, 0.5) is 22.9 Å². The molecule has 0 unspecified atom stereocenters. The average molecular weight is 575 g/mol. The van der Waals surface area contributed by atoms with Crippen LogP contribution in [0, 0.1) is 6.92 Å². The number of rotatable bonds is 5. The minimum absolute atomic E-state index is 0.242. The predicted molar refractivity (Wildman–Crippen MR) is 168 cm³/mol. The van der Waals surface area contributed by atoms with Gasteiger partial charge in [-0.3, -0.25) is 0 Å². The van der Waals surface area contributed by atoms with E-state index in [2.05, 4.69) is 28.4 Å². The zero-order valence-corrected chi connectivity index (χ0v) is 24.0. The molecule has 8 nitrogen and oxygen atoms in total. The van der Waals surface area contributed by atoms with E-state index in [0.717, 1.165) is 45.4 Å². The van der Waals surface area contributed by atoms with Gasteiger partial charge >= 0.3 is 0 Å². The second-order valence-corrected chi connectivity index (χ2v) is 10.4. The van der Waals surface area contributed by atoms with E-state index in [1.807, 2.05) is 90.5 Å². The normalized spacial score (nSPS) is 15.1. The van der Waals surface area contributed by atoms with Crippen molar-refractivity contribution < 1.29 is 9.47 Å². The van der Waals surface area contributed by atoms with Gasteiger partial charge in [-0.25, -0.2) is 14.7 Å². The first-order valence-electron chi connectivity index (χ1n) is 13.5. The molecule has 4 aromatic carbocycles. The molecule has 9 heteroatoms. The summed E-state index contributed by atoms with van der Waals surface area (Å²) in [6.45, 7) is 2.03. The molecule has 2 aliphatic rings. The summed E-state index contributed by atoms with van der Waals surface area (Å²) in [5.41, 5.74) is 6.39. The highest BCUT2D eigenvalue weighted by Crippen LogP contribution is 2.48. The Bertz CT molecular complexity index is 1860. The maximum atomic E-state index is 6.34. The monoisotopic (exact) mass is 574 g/mol. The van der Waals surface area contributed by atoms with Crippen molar-refractivity contribution in [1.82, 2.24) is 9.78 Å². The summed E-state index contributed by atoms with van der Waals surface area (Å²) in [7, 11) is 3.26. The number of methoxy groups -OCH3 is 2. The summed E-state index contributed by atoms with van der Waals surface area (Å²) >= 11 is 6.34. The lowest BCUT2D eigenvalue weighted by molar-refractivity contribution is 0.395. The van der Waals surface area contributed by atoms with Gasteiger partial charge in [0, 0.05) is 16.7 Å². The van der Waals surface area contributed by atoms with E-state index in [0.29, 0.717) is 28.2 Å². The van der Waals surface area contributed by atoms with Crippen LogP contribution in [0.1, 0.15) is 22.9 Å². The van der Waals surface area contributed by atoms with Crippen LogP contribution in [0.5, 0.6) is 11.5 Å². The van der Waals surface area contributed by atoms with Crippen molar-refractivity contribution >= 4 is 46.2 Å². The number of benzene rings is 4. The van der Waals surface area contributed by atoms with E-state index in [9.17, 15) is 0 Å². The predicted octanol–water partition coefficient (Wildman–Crippen LogP) is 7.65. The van der Waals surface area contributed by atoms with Crippen molar-refractivity contribution in [3.63, 3.8) is 0 Å². The third kappa shape index (κ3) is 4.28. The molecular weight excluding hydrogens is 548 g/mol. The molecule has 0 spiro atoms. The summed E-state index contributed by atoms with van der Waals surface area (Å²) in [6.07, 6.45) is 0. The fraction of sp³-hybridized carbons (Fsp3) is 0.121. The molecule has 42 heavy (non-hydrogen) atoms. The lowest BCUT2D eigenvalue weighted by Crippen LogP contribution is -2.46.